The van der Waals surface area contributed by atoms with Gasteiger partial charge < -0.3 is 0 Å². The van der Waals surface area contributed by atoms with Crippen molar-refractivity contribution in [3.8, 4) is 11.8 Å². The van der Waals surface area contributed by atoms with E-state index in [1.54, 1.807) is 24.3 Å². The normalized spacial score (nSPS) is 10.5. The van der Waals surface area contributed by atoms with Gasteiger partial charge in [-0.25, -0.2) is 5.01 Å². The topological polar surface area (TPSA) is 49.4 Å². The van der Waals surface area contributed by atoms with Crippen molar-refractivity contribution in [3.05, 3.63) is 35.9 Å². The maximum Gasteiger partial charge on any atom is 0.269 e. The summed E-state index contributed by atoms with van der Waals surface area (Å²) < 4.78 is 0. The molecule has 130 valence electrons. The molecule has 1 aromatic rings. The van der Waals surface area contributed by atoms with Gasteiger partial charge in [0.25, 0.3) is 5.91 Å². The van der Waals surface area contributed by atoms with Crippen LogP contribution in [0.5, 0.6) is 0 Å². The van der Waals surface area contributed by atoms with Crippen molar-refractivity contribution < 1.29 is 9.59 Å². The van der Waals surface area contributed by atoms with Crippen LogP contribution in [0.3, 0.4) is 0 Å². The Balaban J connectivity index is 2.66. The highest BCUT2D eigenvalue weighted by atomic mass is 16.2. The Morgan fingerprint density at radius 2 is 1.71 bits per heavy atom. The third-order valence-electron chi connectivity index (χ3n) is 3.41. The van der Waals surface area contributed by atoms with Crippen molar-refractivity contribution >= 4 is 11.8 Å². The first-order valence-corrected chi connectivity index (χ1v) is 8.51. The van der Waals surface area contributed by atoms with Gasteiger partial charge in [0.15, 0.2) is 0 Å². The van der Waals surface area contributed by atoms with E-state index < -0.39 is 5.54 Å². The fourth-order valence-corrected chi connectivity index (χ4v) is 2.08. The van der Waals surface area contributed by atoms with Crippen molar-refractivity contribution in [2.45, 2.75) is 65.3 Å². The molecule has 0 unspecified atom stereocenters. The molecule has 2 amide bonds. The zero-order valence-electron chi connectivity index (χ0n) is 15.2. The monoisotopic (exact) mass is 328 g/mol. The first-order valence-electron chi connectivity index (χ1n) is 8.51. The van der Waals surface area contributed by atoms with Gasteiger partial charge >= 0.3 is 0 Å². The van der Waals surface area contributed by atoms with E-state index in [9.17, 15) is 9.59 Å². The molecule has 0 aliphatic carbocycles. The number of carbonyl (C=O) groups is 2. The standard InChI is InChI=1S/C20H28N2O2/c1-5-6-7-8-9-13-16-18(23)22(20(2,3)4)21-19(24)17-14-11-10-12-15-17/h10-12,14-15H,5-7,13,16H2,1-4H3,(H,21,24). The van der Waals surface area contributed by atoms with E-state index >= 15 is 0 Å². The maximum atomic E-state index is 12.5. The van der Waals surface area contributed by atoms with Crippen LogP contribution in [0.4, 0.5) is 0 Å². The Hall–Kier alpha value is -2.28. The molecule has 0 heterocycles. The third-order valence-corrected chi connectivity index (χ3v) is 3.41. The first kappa shape index (κ1) is 19.8. The van der Waals surface area contributed by atoms with Gasteiger partial charge in [-0.05, 0) is 39.3 Å². The van der Waals surface area contributed by atoms with E-state index in [-0.39, 0.29) is 11.8 Å². The predicted octanol–water partition coefficient (Wildman–Crippen LogP) is 3.93. The molecule has 0 aromatic heterocycles. The summed E-state index contributed by atoms with van der Waals surface area (Å²) in [6.07, 6.45) is 3.89. The number of nitrogens with one attached hydrogen (secondary N) is 1. The highest BCUT2D eigenvalue weighted by Gasteiger charge is 2.28. The molecule has 24 heavy (non-hydrogen) atoms. The molecule has 0 radical (unpaired) electrons. The van der Waals surface area contributed by atoms with Crippen LogP contribution in [0.1, 0.15) is 70.2 Å². The summed E-state index contributed by atoms with van der Waals surface area (Å²) in [6, 6.07) is 8.88. The van der Waals surface area contributed by atoms with Crippen LogP contribution < -0.4 is 5.43 Å². The quantitative estimate of drug-likeness (QED) is 0.506. The van der Waals surface area contributed by atoms with E-state index in [1.807, 2.05) is 26.8 Å². The molecule has 0 saturated heterocycles. The van der Waals surface area contributed by atoms with Crippen LogP contribution in [0.25, 0.3) is 0 Å². The van der Waals surface area contributed by atoms with Gasteiger partial charge in [-0.1, -0.05) is 31.5 Å². The number of unbranched alkanes of at least 4 members (excludes halogenated alkanes) is 2. The minimum absolute atomic E-state index is 0.128. The largest absolute Gasteiger partial charge is 0.273 e. The third kappa shape index (κ3) is 6.87. The molecule has 0 spiro atoms. The molecule has 0 fully saturated rings. The summed E-state index contributed by atoms with van der Waals surface area (Å²) in [5.74, 6) is 5.70. The Labute approximate surface area is 145 Å². The van der Waals surface area contributed by atoms with Gasteiger partial charge in [0.1, 0.15) is 0 Å². The average molecular weight is 328 g/mol. The molecule has 1 rings (SSSR count). The highest BCUT2D eigenvalue weighted by molar-refractivity contribution is 5.95. The van der Waals surface area contributed by atoms with Gasteiger partial charge in [0.05, 0.1) is 5.54 Å². The smallest absolute Gasteiger partial charge is 0.269 e. The fourth-order valence-electron chi connectivity index (χ4n) is 2.08. The predicted molar refractivity (Wildman–Crippen MR) is 97.0 cm³/mol. The van der Waals surface area contributed by atoms with Gasteiger partial charge in [0, 0.05) is 24.8 Å². The Bertz CT molecular complexity index is 592. The lowest BCUT2D eigenvalue weighted by Crippen LogP contribution is -2.55. The number of rotatable bonds is 5. The lowest BCUT2D eigenvalue weighted by Gasteiger charge is -2.35. The number of nitrogens with zero attached hydrogens (tertiary/aromatic N) is 1. The van der Waals surface area contributed by atoms with Gasteiger partial charge in [-0.3, -0.25) is 15.0 Å². The lowest BCUT2D eigenvalue weighted by atomic mass is 10.1. The molecule has 0 aliphatic rings. The number of benzene rings is 1. The summed E-state index contributed by atoms with van der Waals surface area (Å²) >= 11 is 0. The first-order chi connectivity index (χ1) is 11.4. The van der Waals surface area contributed by atoms with E-state index in [0.717, 1.165) is 19.3 Å². The van der Waals surface area contributed by atoms with Crippen molar-refractivity contribution in [1.82, 2.24) is 10.4 Å². The molecule has 4 heteroatoms. The summed E-state index contributed by atoms with van der Waals surface area (Å²) in [5, 5.41) is 1.41. The zero-order valence-corrected chi connectivity index (χ0v) is 15.2. The number of carbonyl (C=O) groups excluding carboxylic acids is 2. The van der Waals surface area contributed by atoms with Crippen LogP contribution in [0, 0.1) is 11.8 Å². The molecular formula is C20H28N2O2. The Morgan fingerprint density at radius 3 is 2.29 bits per heavy atom. The average Bonchev–Trinajstić information content (AvgIpc) is 2.55. The van der Waals surface area contributed by atoms with Crippen molar-refractivity contribution in [1.29, 1.82) is 0 Å². The molecule has 4 nitrogen and oxygen atoms in total. The maximum absolute atomic E-state index is 12.5. The summed E-state index contributed by atoms with van der Waals surface area (Å²) in [5.41, 5.74) is 2.75. The number of amides is 2. The molecular weight excluding hydrogens is 300 g/mol. The second-order valence-corrected chi connectivity index (χ2v) is 6.66. The Morgan fingerprint density at radius 1 is 1.08 bits per heavy atom. The van der Waals surface area contributed by atoms with Gasteiger partial charge in [-0.2, -0.15) is 0 Å². The second-order valence-electron chi connectivity index (χ2n) is 6.66. The molecule has 1 N–H and O–H groups in total. The van der Waals surface area contributed by atoms with Crippen LogP contribution in [0.15, 0.2) is 30.3 Å². The van der Waals surface area contributed by atoms with E-state index in [0.29, 0.717) is 18.4 Å². The van der Waals surface area contributed by atoms with Crippen LogP contribution in [-0.2, 0) is 4.79 Å². The van der Waals surface area contributed by atoms with E-state index in [2.05, 4.69) is 24.2 Å². The molecule has 0 aliphatic heterocycles. The summed E-state index contributed by atoms with van der Waals surface area (Å²) in [6.45, 7) is 7.80. The molecule has 0 atom stereocenters. The van der Waals surface area contributed by atoms with Crippen molar-refractivity contribution in [2.24, 2.45) is 0 Å². The highest BCUT2D eigenvalue weighted by Crippen LogP contribution is 2.13. The summed E-state index contributed by atoms with van der Waals surface area (Å²) in [4.78, 5) is 24.8. The number of hydrazine groups is 1. The number of hydrogen-bond donors (Lipinski definition) is 1. The summed E-state index contributed by atoms with van der Waals surface area (Å²) in [7, 11) is 0. The van der Waals surface area contributed by atoms with E-state index in [1.165, 1.54) is 5.01 Å². The fraction of sp³-hybridized carbons (Fsp3) is 0.500. The lowest BCUT2D eigenvalue weighted by molar-refractivity contribution is -0.139. The van der Waals surface area contributed by atoms with Crippen LogP contribution in [0.2, 0.25) is 0 Å². The van der Waals surface area contributed by atoms with Crippen molar-refractivity contribution in [2.75, 3.05) is 0 Å². The molecule has 1 aromatic carbocycles. The van der Waals surface area contributed by atoms with Crippen LogP contribution >= 0.6 is 0 Å². The Kier molecular flexibility index (Phi) is 8.05. The minimum Gasteiger partial charge on any atom is -0.273 e. The van der Waals surface area contributed by atoms with Crippen LogP contribution in [-0.4, -0.2) is 22.4 Å². The van der Waals surface area contributed by atoms with Gasteiger partial charge in [-0.15, -0.1) is 11.8 Å². The van der Waals surface area contributed by atoms with E-state index in [4.69, 9.17) is 0 Å². The zero-order chi connectivity index (χ0) is 18.0. The van der Waals surface area contributed by atoms with Crippen molar-refractivity contribution in [3.63, 3.8) is 0 Å². The molecule has 0 bridgehead atoms. The number of hydrogen-bond acceptors (Lipinski definition) is 2. The molecule has 0 saturated carbocycles. The SMILES string of the molecule is CCCCC#CCCC(=O)N(NC(=O)c1ccccc1)C(C)(C)C. The second kappa shape index (κ2) is 9.77. The minimum atomic E-state index is -0.503. The van der Waals surface area contributed by atoms with Gasteiger partial charge in [0.2, 0.25) is 5.91 Å².